The Bertz CT molecular complexity index is 856. The summed E-state index contributed by atoms with van der Waals surface area (Å²) in [5.41, 5.74) is 2.41. The Kier molecular flexibility index (Phi) is 7.56. The lowest BCUT2D eigenvalue weighted by atomic mass is 10.1. The predicted octanol–water partition coefficient (Wildman–Crippen LogP) is 3.84. The molecule has 2 aromatic carbocycles. The normalized spacial score (nSPS) is 13.1. The summed E-state index contributed by atoms with van der Waals surface area (Å²) in [6.45, 7) is 1.06. The molecule has 0 saturated heterocycles. The summed E-state index contributed by atoms with van der Waals surface area (Å²) < 4.78 is 6.34. The minimum Gasteiger partial charge on any atom is -0.452 e. The fourth-order valence-corrected chi connectivity index (χ4v) is 4.66. The molecule has 5 nitrogen and oxygen atoms in total. The molecule has 0 aromatic heterocycles. The van der Waals surface area contributed by atoms with Crippen molar-refractivity contribution >= 4 is 39.8 Å². The van der Waals surface area contributed by atoms with Crippen LogP contribution >= 0.6 is 23.5 Å². The number of benzene rings is 2. The highest BCUT2D eigenvalue weighted by Crippen LogP contribution is 2.26. The Morgan fingerprint density at radius 3 is 2.64 bits per heavy atom. The summed E-state index contributed by atoms with van der Waals surface area (Å²) in [6, 6.07) is 17.0. The monoisotopic (exact) mass is 414 g/mol. The third-order valence-electron chi connectivity index (χ3n) is 4.16. The van der Waals surface area contributed by atoms with Gasteiger partial charge in [0.25, 0.3) is 5.91 Å². The lowest BCUT2D eigenvalue weighted by Gasteiger charge is -2.17. The van der Waals surface area contributed by atoms with E-state index in [1.54, 1.807) is 47.6 Å². The van der Waals surface area contributed by atoms with E-state index in [1.165, 1.54) is 0 Å². The third-order valence-corrected chi connectivity index (χ3v) is 6.46. The number of hydrogen-bond acceptors (Lipinski definition) is 6. The van der Waals surface area contributed by atoms with E-state index >= 15 is 0 Å². The largest absolute Gasteiger partial charge is 0.452 e. The van der Waals surface area contributed by atoms with Crippen LogP contribution in [0.2, 0.25) is 0 Å². The first-order chi connectivity index (χ1) is 13.6. The molecule has 0 unspecified atom stereocenters. The van der Waals surface area contributed by atoms with E-state index in [0.717, 1.165) is 27.8 Å². The minimum absolute atomic E-state index is 0.235. The van der Waals surface area contributed by atoms with E-state index in [0.29, 0.717) is 17.9 Å². The Balaban J connectivity index is 1.53. The van der Waals surface area contributed by atoms with Gasteiger partial charge in [0.1, 0.15) is 4.38 Å². The van der Waals surface area contributed by atoms with Gasteiger partial charge in [0.05, 0.1) is 12.1 Å². The molecule has 0 atom stereocenters. The van der Waals surface area contributed by atoms with E-state index in [-0.39, 0.29) is 12.5 Å². The van der Waals surface area contributed by atoms with Crippen LogP contribution in [0.25, 0.3) is 0 Å². The van der Waals surface area contributed by atoms with Crippen LogP contribution in [0.4, 0.5) is 0 Å². The Morgan fingerprint density at radius 1 is 1.14 bits per heavy atom. The smallest absolute Gasteiger partial charge is 0.338 e. The van der Waals surface area contributed by atoms with Crippen molar-refractivity contribution in [2.24, 2.45) is 4.99 Å². The molecule has 1 aliphatic heterocycles. The molecule has 0 saturated carbocycles. The van der Waals surface area contributed by atoms with E-state index in [2.05, 4.69) is 4.99 Å². The number of thioether (sulfide) groups is 2. The van der Waals surface area contributed by atoms with Crippen LogP contribution in [0, 0.1) is 0 Å². The first-order valence-corrected chi connectivity index (χ1v) is 10.9. The second-order valence-corrected chi connectivity index (χ2v) is 8.56. The van der Waals surface area contributed by atoms with Crippen molar-refractivity contribution in [2.45, 2.75) is 12.3 Å². The zero-order chi connectivity index (χ0) is 19.8. The summed E-state index contributed by atoms with van der Waals surface area (Å²) in [5.74, 6) is 0.961. The molecular weight excluding hydrogens is 392 g/mol. The first kappa shape index (κ1) is 20.5. The fraction of sp³-hybridized carbons (Fsp3) is 0.286. The number of hydrogen-bond donors (Lipinski definition) is 0. The molecule has 0 radical (unpaired) electrons. The van der Waals surface area contributed by atoms with Crippen LogP contribution in [-0.4, -0.2) is 47.1 Å². The van der Waals surface area contributed by atoms with Gasteiger partial charge in [-0.25, -0.2) is 4.79 Å². The molecule has 2 aromatic rings. The number of carbonyl (C=O) groups is 2. The van der Waals surface area contributed by atoms with Crippen LogP contribution in [0.1, 0.15) is 21.5 Å². The average Bonchev–Trinajstić information content (AvgIpc) is 3.25. The average molecular weight is 415 g/mol. The summed E-state index contributed by atoms with van der Waals surface area (Å²) in [6.07, 6.45) is 0. The molecule has 1 aliphatic rings. The number of likely N-dealkylation sites (N-methyl/N-ethyl adjacent to an activating group) is 1. The number of rotatable bonds is 7. The Labute approximate surface area is 173 Å². The van der Waals surface area contributed by atoms with Gasteiger partial charge < -0.3 is 9.64 Å². The molecule has 146 valence electrons. The maximum Gasteiger partial charge on any atom is 0.338 e. The van der Waals surface area contributed by atoms with Gasteiger partial charge in [-0.1, -0.05) is 72.1 Å². The number of amides is 1. The molecule has 3 rings (SSSR count). The number of esters is 1. The van der Waals surface area contributed by atoms with Gasteiger partial charge in [0, 0.05) is 25.1 Å². The van der Waals surface area contributed by atoms with Crippen molar-refractivity contribution in [3.05, 3.63) is 71.3 Å². The zero-order valence-electron chi connectivity index (χ0n) is 15.7. The lowest BCUT2D eigenvalue weighted by Crippen LogP contribution is -2.30. The zero-order valence-corrected chi connectivity index (χ0v) is 17.3. The van der Waals surface area contributed by atoms with Crippen LogP contribution in [0.3, 0.4) is 0 Å². The fourth-order valence-electron chi connectivity index (χ4n) is 2.65. The molecule has 1 amide bonds. The molecule has 0 aliphatic carbocycles. The van der Waals surface area contributed by atoms with Crippen molar-refractivity contribution in [3.63, 3.8) is 0 Å². The van der Waals surface area contributed by atoms with Crippen LogP contribution in [0.15, 0.2) is 59.6 Å². The van der Waals surface area contributed by atoms with Gasteiger partial charge in [-0.15, -0.1) is 0 Å². The van der Waals surface area contributed by atoms with Gasteiger partial charge in [-0.3, -0.25) is 9.79 Å². The van der Waals surface area contributed by atoms with Crippen molar-refractivity contribution in [1.29, 1.82) is 0 Å². The van der Waals surface area contributed by atoms with Crippen LogP contribution in [0.5, 0.6) is 0 Å². The van der Waals surface area contributed by atoms with E-state index in [4.69, 9.17) is 4.74 Å². The van der Waals surface area contributed by atoms with E-state index < -0.39 is 5.97 Å². The molecule has 1 heterocycles. The Morgan fingerprint density at radius 2 is 1.89 bits per heavy atom. The Hall–Kier alpha value is -2.25. The van der Waals surface area contributed by atoms with Crippen LogP contribution < -0.4 is 0 Å². The maximum absolute atomic E-state index is 12.5. The summed E-state index contributed by atoms with van der Waals surface area (Å²) in [5, 5.41) is 0. The van der Waals surface area contributed by atoms with Gasteiger partial charge >= 0.3 is 5.97 Å². The molecule has 0 spiro atoms. The SMILES string of the molecule is CN(Cc1ccccc1)C(=O)COC(=O)c1ccccc1CSC1=NCCS1. The summed E-state index contributed by atoms with van der Waals surface area (Å²) in [7, 11) is 1.70. The maximum atomic E-state index is 12.5. The van der Waals surface area contributed by atoms with Gasteiger partial charge in [-0.05, 0) is 17.2 Å². The summed E-state index contributed by atoms with van der Waals surface area (Å²) >= 11 is 3.37. The van der Waals surface area contributed by atoms with Gasteiger partial charge in [0.2, 0.25) is 0 Å². The number of nitrogens with zero attached hydrogens (tertiary/aromatic N) is 2. The highest BCUT2D eigenvalue weighted by atomic mass is 32.2. The third kappa shape index (κ3) is 5.87. The second-order valence-electron chi connectivity index (χ2n) is 6.25. The number of ether oxygens (including phenoxy) is 1. The van der Waals surface area contributed by atoms with E-state index in [1.807, 2.05) is 42.5 Å². The van der Waals surface area contributed by atoms with Gasteiger partial charge in [-0.2, -0.15) is 0 Å². The van der Waals surface area contributed by atoms with Crippen molar-refractivity contribution in [2.75, 3.05) is 26.0 Å². The first-order valence-electron chi connectivity index (χ1n) is 8.96. The highest BCUT2D eigenvalue weighted by Gasteiger charge is 2.17. The lowest BCUT2D eigenvalue weighted by molar-refractivity contribution is -0.133. The topological polar surface area (TPSA) is 59.0 Å². The molecule has 28 heavy (non-hydrogen) atoms. The molecule has 7 heteroatoms. The van der Waals surface area contributed by atoms with Gasteiger partial charge in [0.15, 0.2) is 6.61 Å². The standard InChI is InChI=1S/C21H22N2O3S2/c1-23(13-16-7-3-2-4-8-16)19(24)14-26-20(25)18-10-6-5-9-17(18)15-28-21-22-11-12-27-21/h2-10H,11-15H2,1H3. The highest BCUT2D eigenvalue weighted by molar-refractivity contribution is 8.38. The quantitative estimate of drug-likeness (QED) is 0.645. The van der Waals surface area contributed by atoms with Crippen molar-refractivity contribution in [3.8, 4) is 0 Å². The minimum atomic E-state index is -0.473. The van der Waals surface area contributed by atoms with Crippen molar-refractivity contribution < 1.29 is 14.3 Å². The molecule has 0 fully saturated rings. The summed E-state index contributed by atoms with van der Waals surface area (Å²) in [4.78, 5) is 30.8. The molecular formula is C21H22N2O3S2. The molecule has 0 bridgehead atoms. The van der Waals surface area contributed by atoms with E-state index in [9.17, 15) is 9.59 Å². The number of carbonyl (C=O) groups excluding carboxylic acids is 2. The predicted molar refractivity (Wildman–Crippen MR) is 116 cm³/mol. The van der Waals surface area contributed by atoms with Crippen LogP contribution in [-0.2, 0) is 21.8 Å². The van der Waals surface area contributed by atoms with Crippen molar-refractivity contribution in [1.82, 2.24) is 4.90 Å². The number of aliphatic imine (C=N–C) groups is 1. The second kappa shape index (κ2) is 10.3. The molecule has 0 N–H and O–H groups in total.